The first-order valence-corrected chi connectivity index (χ1v) is 5.71. The van der Waals surface area contributed by atoms with Crippen molar-refractivity contribution >= 4 is 22.9 Å². The van der Waals surface area contributed by atoms with Crippen molar-refractivity contribution in [1.82, 2.24) is 0 Å². The standard InChI is InChI=1S/C13H14O2S/c1-4-6-10(7-5-2)11-8-12(13(14)15)16-9(11)3/h4-8H,1H2,2-3H3,(H,14,15)/b7-5-,10-6+. The third-order valence-electron chi connectivity index (χ3n) is 2.08. The summed E-state index contributed by atoms with van der Waals surface area (Å²) < 4.78 is 0. The Labute approximate surface area is 99.2 Å². The Morgan fingerprint density at radius 3 is 2.69 bits per heavy atom. The molecule has 1 aromatic heterocycles. The highest BCUT2D eigenvalue weighted by Crippen LogP contribution is 2.28. The van der Waals surface area contributed by atoms with Gasteiger partial charge >= 0.3 is 5.97 Å². The van der Waals surface area contributed by atoms with Crippen LogP contribution in [0.3, 0.4) is 0 Å². The lowest BCUT2D eigenvalue weighted by Gasteiger charge is -1.99. The zero-order valence-electron chi connectivity index (χ0n) is 9.36. The van der Waals surface area contributed by atoms with E-state index in [1.807, 2.05) is 32.1 Å². The second kappa shape index (κ2) is 5.47. The summed E-state index contributed by atoms with van der Waals surface area (Å²) in [6.07, 6.45) is 7.45. The Bertz CT molecular complexity index is 464. The van der Waals surface area contributed by atoms with E-state index in [0.717, 1.165) is 16.0 Å². The molecule has 0 aliphatic heterocycles. The zero-order chi connectivity index (χ0) is 12.1. The highest BCUT2D eigenvalue weighted by molar-refractivity contribution is 7.14. The van der Waals surface area contributed by atoms with Crippen molar-refractivity contribution in [2.24, 2.45) is 0 Å². The molecule has 0 aliphatic carbocycles. The molecular formula is C13H14O2S. The second-order valence-electron chi connectivity index (χ2n) is 3.24. The van der Waals surface area contributed by atoms with E-state index in [2.05, 4.69) is 6.58 Å². The van der Waals surface area contributed by atoms with E-state index < -0.39 is 5.97 Å². The third kappa shape index (κ3) is 2.70. The van der Waals surface area contributed by atoms with Gasteiger partial charge < -0.3 is 5.11 Å². The molecule has 1 heterocycles. The summed E-state index contributed by atoms with van der Waals surface area (Å²) in [7, 11) is 0. The van der Waals surface area contributed by atoms with Crippen LogP contribution >= 0.6 is 11.3 Å². The number of carboxylic acid groups (broad SMARTS) is 1. The SMILES string of the molecule is C=C/C=C(\C=C/C)c1cc(C(=O)O)sc1C. The van der Waals surface area contributed by atoms with Crippen molar-refractivity contribution in [2.75, 3.05) is 0 Å². The summed E-state index contributed by atoms with van der Waals surface area (Å²) in [5.41, 5.74) is 1.94. The van der Waals surface area contributed by atoms with Gasteiger partial charge in [0.1, 0.15) is 4.88 Å². The number of aromatic carboxylic acids is 1. The van der Waals surface area contributed by atoms with Gasteiger partial charge in [-0.3, -0.25) is 0 Å². The number of carboxylic acids is 1. The van der Waals surface area contributed by atoms with Crippen LogP contribution in [-0.4, -0.2) is 11.1 Å². The first-order chi connectivity index (χ1) is 7.60. The molecule has 0 fully saturated rings. The van der Waals surface area contributed by atoms with Crippen LogP contribution < -0.4 is 0 Å². The molecule has 0 aromatic carbocycles. The van der Waals surface area contributed by atoms with Gasteiger partial charge in [0.2, 0.25) is 0 Å². The first kappa shape index (κ1) is 12.5. The number of hydrogen-bond acceptors (Lipinski definition) is 2. The molecule has 1 rings (SSSR count). The molecule has 84 valence electrons. The van der Waals surface area contributed by atoms with Crippen LogP contribution in [0.15, 0.2) is 36.9 Å². The molecule has 0 aliphatic rings. The topological polar surface area (TPSA) is 37.3 Å². The number of thiophene rings is 1. The molecule has 0 spiro atoms. The van der Waals surface area contributed by atoms with Gasteiger partial charge in [-0.05, 0) is 31.1 Å². The van der Waals surface area contributed by atoms with E-state index in [1.165, 1.54) is 11.3 Å². The number of aryl methyl sites for hydroxylation is 1. The van der Waals surface area contributed by atoms with Crippen molar-refractivity contribution < 1.29 is 9.90 Å². The number of rotatable bonds is 4. The molecular weight excluding hydrogens is 220 g/mol. The molecule has 0 saturated heterocycles. The molecule has 1 N–H and O–H groups in total. The second-order valence-corrected chi connectivity index (χ2v) is 4.50. The quantitative estimate of drug-likeness (QED) is 0.802. The minimum Gasteiger partial charge on any atom is -0.477 e. The molecule has 0 radical (unpaired) electrons. The molecule has 0 atom stereocenters. The fraction of sp³-hybridized carbons (Fsp3) is 0.154. The summed E-state index contributed by atoms with van der Waals surface area (Å²) in [6, 6.07) is 1.71. The number of allylic oxidation sites excluding steroid dienone is 5. The summed E-state index contributed by atoms with van der Waals surface area (Å²) in [6.45, 7) is 7.51. The predicted molar refractivity (Wildman–Crippen MR) is 69.0 cm³/mol. The van der Waals surface area contributed by atoms with Crippen LogP contribution in [0.5, 0.6) is 0 Å². The molecule has 0 unspecified atom stereocenters. The molecule has 0 saturated carbocycles. The summed E-state index contributed by atoms with van der Waals surface area (Å²) in [5.74, 6) is -0.877. The van der Waals surface area contributed by atoms with Gasteiger partial charge in [0.05, 0.1) is 0 Å². The lowest BCUT2D eigenvalue weighted by molar-refractivity contribution is 0.0702. The largest absolute Gasteiger partial charge is 0.477 e. The monoisotopic (exact) mass is 234 g/mol. The Morgan fingerprint density at radius 2 is 2.25 bits per heavy atom. The van der Waals surface area contributed by atoms with Gasteiger partial charge in [-0.25, -0.2) is 4.79 Å². The highest BCUT2D eigenvalue weighted by atomic mass is 32.1. The van der Waals surface area contributed by atoms with E-state index in [9.17, 15) is 4.79 Å². The van der Waals surface area contributed by atoms with Crippen LogP contribution in [0, 0.1) is 6.92 Å². The van der Waals surface area contributed by atoms with Gasteiger partial charge in [-0.15, -0.1) is 11.3 Å². The van der Waals surface area contributed by atoms with E-state index in [0.29, 0.717) is 4.88 Å². The maximum Gasteiger partial charge on any atom is 0.345 e. The Balaban J connectivity index is 3.25. The Morgan fingerprint density at radius 1 is 1.56 bits per heavy atom. The van der Waals surface area contributed by atoms with Crippen LogP contribution in [-0.2, 0) is 0 Å². The first-order valence-electron chi connectivity index (χ1n) is 4.89. The van der Waals surface area contributed by atoms with Gasteiger partial charge in [-0.1, -0.05) is 30.9 Å². The molecule has 16 heavy (non-hydrogen) atoms. The highest BCUT2D eigenvalue weighted by Gasteiger charge is 2.12. The number of carbonyl (C=O) groups is 1. The van der Waals surface area contributed by atoms with Crippen molar-refractivity contribution in [2.45, 2.75) is 13.8 Å². The molecule has 0 bridgehead atoms. The summed E-state index contributed by atoms with van der Waals surface area (Å²) >= 11 is 1.29. The van der Waals surface area contributed by atoms with Gasteiger partial charge in [0.15, 0.2) is 0 Å². The predicted octanol–water partition coefficient (Wildman–Crippen LogP) is 3.90. The van der Waals surface area contributed by atoms with Gasteiger partial charge in [-0.2, -0.15) is 0 Å². The third-order valence-corrected chi connectivity index (χ3v) is 3.12. The minimum atomic E-state index is -0.877. The van der Waals surface area contributed by atoms with Crippen LogP contribution in [0.4, 0.5) is 0 Å². The van der Waals surface area contributed by atoms with Crippen LogP contribution in [0.25, 0.3) is 5.57 Å². The summed E-state index contributed by atoms with van der Waals surface area (Å²) in [4.78, 5) is 12.2. The lowest BCUT2D eigenvalue weighted by atomic mass is 10.1. The summed E-state index contributed by atoms with van der Waals surface area (Å²) in [5, 5.41) is 8.92. The average Bonchev–Trinajstić information content (AvgIpc) is 2.60. The molecule has 3 heteroatoms. The van der Waals surface area contributed by atoms with E-state index in [1.54, 1.807) is 12.1 Å². The van der Waals surface area contributed by atoms with E-state index >= 15 is 0 Å². The minimum absolute atomic E-state index is 0.368. The maximum atomic E-state index is 10.9. The average molecular weight is 234 g/mol. The Kier molecular flexibility index (Phi) is 4.26. The van der Waals surface area contributed by atoms with Crippen molar-refractivity contribution in [3.8, 4) is 0 Å². The fourth-order valence-electron chi connectivity index (χ4n) is 1.42. The smallest absolute Gasteiger partial charge is 0.345 e. The maximum absolute atomic E-state index is 10.9. The fourth-order valence-corrected chi connectivity index (χ4v) is 2.30. The Hall–Kier alpha value is -1.61. The number of hydrogen-bond donors (Lipinski definition) is 1. The van der Waals surface area contributed by atoms with Crippen molar-refractivity contribution in [3.63, 3.8) is 0 Å². The zero-order valence-corrected chi connectivity index (χ0v) is 10.2. The van der Waals surface area contributed by atoms with Crippen LogP contribution in [0.2, 0.25) is 0 Å². The normalized spacial score (nSPS) is 12.0. The molecule has 0 amide bonds. The molecule has 1 aromatic rings. The van der Waals surface area contributed by atoms with Crippen molar-refractivity contribution in [1.29, 1.82) is 0 Å². The van der Waals surface area contributed by atoms with Gasteiger partial charge in [0, 0.05) is 4.88 Å². The van der Waals surface area contributed by atoms with Crippen molar-refractivity contribution in [3.05, 3.63) is 52.3 Å². The lowest BCUT2D eigenvalue weighted by Crippen LogP contribution is -1.90. The van der Waals surface area contributed by atoms with E-state index in [-0.39, 0.29) is 0 Å². The van der Waals surface area contributed by atoms with Gasteiger partial charge in [0.25, 0.3) is 0 Å². The van der Waals surface area contributed by atoms with E-state index in [4.69, 9.17) is 5.11 Å². The van der Waals surface area contributed by atoms with Crippen LogP contribution in [0.1, 0.15) is 27.0 Å². The molecule has 2 nitrogen and oxygen atoms in total.